The molecule has 0 aliphatic heterocycles. The van der Waals surface area contributed by atoms with Crippen LogP contribution in [0.4, 0.5) is 0 Å². The van der Waals surface area contributed by atoms with Crippen LogP contribution < -0.4 is 9.57 Å². The largest absolute Gasteiger partial charge is 0.489 e. The van der Waals surface area contributed by atoms with Gasteiger partial charge in [-0.25, -0.2) is 4.83 Å². The van der Waals surface area contributed by atoms with Crippen LogP contribution in [0.5, 0.6) is 5.75 Å². The lowest BCUT2D eigenvalue weighted by molar-refractivity contribution is 0.306. The van der Waals surface area contributed by atoms with Crippen LogP contribution in [0, 0.1) is 6.92 Å². The molecule has 5 nitrogen and oxygen atoms in total. The van der Waals surface area contributed by atoms with E-state index < -0.39 is 10.0 Å². The molecule has 0 fully saturated rings. The van der Waals surface area contributed by atoms with Gasteiger partial charge in [-0.2, -0.15) is 13.5 Å². The number of aryl methyl sites for hydroxylation is 1. The Bertz CT molecular complexity index is 1110. The van der Waals surface area contributed by atoms with E-state index in [1.54, 1.807) is 48.5 Å². The summed E-state index contributed by atoms with van der Waals surface area (Å²) in [6.45, 7) is 2.24. The Balaban J connectivity index is 1.57. The van der Waals surface area contributed by atoms with Crippen molar-refractivity contribution in [2.24, 2.45) is 5.10 Å². The van der Waals surface area contributed by atoms with Gasteiger partial charge in [0.05, 0.1) is 21.2 Å². The Kier molecular flexibility index (Phi) is 6.79. The molecule has 0 radical (unpaired) electrons. The number of halogens is 2. The SMILES string of the molecule is Cc1ccc(S(=O)(=O)N/N=C\c2ccc(OCc3ccc(Cl)c(Cl)c3)cc2)cc1. The Morgan fingerprint density at radius 3 is 2.31 bits per heavy atom. The van der Waals surface area contributed by atoms with Crippen LogP contribution in [0.3, 0.4) is 0 Å². The summed E-state index contributed by atoms with van der Waals surface area (Å²) >= 11 is 11.9. The highest BCUT2D eigenvalue weighted by atomic mass is 35.5. The molecule has 0 saturated carbocycles. The molecular formula is C21H18Cl2N2O3S. The van der Waals surface area contributed by atoms with E-state index in [-0.39, 0.29) is 4.90 Å². The highest BCUT2D eigenvalue weighted by Crippen LogP contribution is 2.23. The number of nitrogens with zero attached hydrogens (tertiary/aromatic N) is 1. The number of hydrogen-bond donors (Lipinski definition) is 1. The van der Waals surface area contributed by atoms with Crippen molar-refractivity contribution in [2.45, 2.75) is 18.4 Å². The summed E-state index contributed by atoms with van der Waals surface area (Å²) in [5.41, 5.74) is 2.60. The predicted octanol–water partition coefficient (Wildman–Crippen LogP) is 5.19. The lowest BCUT2D eigenvalue weighted by atomic mass is 10.2. The van der Waals surface area contributed by atoms with Crippen molar-refractivity contribution in [1.29, 1.82) is 0 Å². The lowest BCUT2D eigenvalue weighted by Crippen LogP contribution is -2.18. The van der Waals surface area contributed by atoms with E-state index in [0.717, 1.165) is 16.7 Å². The third-order valence-corrected chi connectivity index (χ3v) is 5.96. The number of sulfonamides is 1. The average molecular weight is 449 g/mol. The minimum Gasteiger partial charge on any atom is -0.489 e. The van der Waals surface area contributed by atoms with E-state index in [2.05, 4.69) is 9.93 Å². The molecule has 0 aromatic heterocycles. The van der Waals surface area contributed by atoms with Gasteiger partial charge in [-0.1, -0.05) is 47.0 Å². The third-order valence-electron chi connectivity index (χ3n) is 3.99. The first-order valence-corrected chi connectivity index (χ1v) is 10.9. The summed E-state index contributed by atoms with van der Waals surface area (Å²) in [5, 5.41) is 4.80. The molecule has 3 aromatic carbocycles. The van der Waals surface area contributed by atoms with E-state index in [0.29, 0.717) is 22.4 Å². The van der Waals surface area contributed by atoms with Gasteiger partial charge in [-0.05, 0) is 66.6 Å². The molecule has 1 N–H and O–H groups in total. The van der Waals surface area contributed by atoms with Gasteiger partial charge in [0.15, 0.2) is 0 Å². The number of rotatable bonds is 7. The summed E-state index contributed by atoms with van der Waals surface area (Å²) in [6, 6.07) is 18.9. The van der Waals surface area contributed by atoms with Gasteiger partial charge in [-0.15, -0.1) is 0 Å². The first kappa shape index (κ1) is 21.2. The van der Waals surface area contributed by atoms with Crippen LogP contribution in [0.25, 0.3) is 0 Å². The Hall–Kier alpha value is -2.54. The second-order valence-corrected chi connectivity index (χ2v) is 8.75. The normalized spacial score (nSPS) is 11.6. The molecule has 150 valence electrons. The van der Waals surface area contributed by atoms with Crippen LogP contribution in [-0.2, 0) is 16.6 Å². The minimum absolute atomic E-state index is 0.159. The molecule has 3 rings (SSSR count). The van der Waals surface area contributed by atoms with Crippen molar-refractivity contribution in [1.82, 2.24) is 4.83 Å². The zero-order valence-electron chi connectivity index (χ0n) is 15.5. The van der Waals surface area contributed by atoms with E-state index in [1.807, 2.05) is 13.0 Å². The van der Waals surface area contributed by atoms with Crippen LogP contribution >= 0.6 is 23.2 Å². The summed E-state index contributed by atoms with van der Waals surface area (Å²) in [5.74, 6) is 0.661. The van der Waals surface area contributed by atoms with Crippen molar-refractivity contribution >= 4 is 39.4 Å². The molecule has 0 amide bonds. The van der Waals surface area contributed by atoms with Gasteiger partial charge < -0.3 is 4.74 Å². The second-order valence-electron chi connectivity index (χ2n) is 6.27. The highest BCUT2D eigenvalue weighted by molar-refractivity contribution is 7.89. The van der Waals surface area contributed by atoms with E-state index in [1.165, 1.54) is 18.3 Å². The summed E-state index contributed by atoms with van der Waals surface area (Å²) in [7, 11) is -3.69. The Morgan fingerprint density at radius 1 is 0.966 bits per heavy atom. The van der Waals surface area contributed by atoms with Gasteiger partial charge in [0.1, 0.15) is 12.4 Å². The van der Waals surface area contributed by atoms with Gasteiger partial charge in [0.25, 0.3) is 10.0 Å². The van der Waals surface area contributed by atoms with E-state index >= 15 is 0 Å². The maximum Gasteiger partial charge on any atom is 0.276 e. The van der Waals surface area contributed by atoms with E-state index in [9.17, 15) is 8.42 Å². The van der Waals surface area contributed by atoms with Crippen molar-refractivity contribution in [2.75, 3.05) is 0 Å². The number of ether oxygens (including phenoxy) is 1. The molecule has 0 bridgehead atoms. The average Bonchev–Trinajstić information content (AvgIpc) is 2.70. The molecule has 0 unspecified atom stereocenters. The summed E-state index contributed by atoms with van der Waals surface area (Å²) in [4.78, 5) is 2.36. The van der Waals surface area contributed by atoms with Gasteiger partial charge in [-0.3, -0.25) is 0 Å². The highest BCUT2D eigenvalue weighted by Gasteiger charge is 2.11. The van der Waals surface area contributed by atoms with Crippen LogP contribution in [0.15, 0.2) is 76.7 Å². The van der Waals surface area contributed by atoms with Gasteiger partial charge >= 0.3 is 0 Å². The molecule has 8 heteroatoms. The number of hydrogen-bond acceptors (Lipinski definition) is 4. The van der Waals surface area contributed by atoms with Crippen LogP contribution in [0.1, 0.15) is 16.7 Å². The summed E-state index contributed by atoms with van der Waals surface area (Å²) in [6.07, 6.45) is 1.43. The molecule has 0 saturated heterocycles. The standard InChI is InChI=1S/C21H18Cl2N2O3S/c1-15-2-9-19(10-3-15)29(26,27)25-24-13-16-4-7-18(8-5-16)28-14-17-6-11-20(22)21(23)12-17/h2-13,25H,14H2,1H3/b24-13-. The van der Waals surface area contributed by atoms with E-state index in [4.69, 9.17) is 27.9 Å². The van der Waals surface area contributed by atoms with Gasteiger partial charge in [0, 0.05) is 0 Å². The van der Waals surface area contributed by atoms with Crippen LogP contribution in [0.2, 0.25) is 10.0 Å². The zero-order chi connectivity index (χ0) is 20.9. The van der Waals surface area contributed by atoms with Crippen molar-refractivity contribution in [3.8, 4) is 5.75 Å². The number of hydrazone groups is 1. The second kappa shape index (κ2) is 9.31. The molecule has 3 aromatic rings. The third kappa shape index (κ3) is 5.97. The Morgan fingerprint density at radius 2 is 1.66 bits per heavy atom. The lowest BCUT2D eigenvalue weighted by Gasteiger charge is -2.07. The molecule has 0 heterocycles. The van der Waals surface area contributed by atoms with Crippen molar-refractivity contribution in [3.63, 3.8) is 0 Å². The zero-order valence-corrected chi connectivity index (χ0v) is 17.8. The molecule has 0 spiro atoms. The quantitative estimate of drug-likeness (QED) is 0.399. The maximum atomic E-state index is 12.2. The first-order chi connectivity index (χ1) is 13.8. The monoisotopic (exact) mass is 448 g/mol. The minimum atomic E-state index is -3.69. The molecular weight excluding hydrogens is 431 g/mol. The number of nitrogens with one attached hydrogen (secondary N) is 1. The fourth-order valence-corrected chi connectivity index (χ4v) is 3.50. The fourth-order valence-electron chi connectivity index (χ4n) is 2.39. The molecule has 29 heavy (non-hydrogen) atoms. The van der Waals surface area contributed by atoms with Crippen molar-refractivity contribution < 1.29 is 13.2 Å². The van der Waals surface area contributed by atoms with Crippen LogP contribution in [-0.4, -0.2) is 14.6 Å². The maximum absolute atomic E-state index is 12.2. The number of benzene rings is 3. The van der Waals surface area contributed by atoms with Gasteiger partial charge in [0.2, 0.25) is 0 Å². The fraction of sp³-hybridized carbons (Fsp3) is 0.0952. The predicted molar refractivity (Wildman–Crippen MR) is 116 cm³/mol. The Labute approximate surface area is 180 Å². The summed E-state index contributed by atoms with van der Waals surface area (Å²) < 4.78 is 30.1. The molecule has 0 aliphatic carbocycles. The topological polar surface area (TPSA) is 67.8 Å². The smallest absolute Gasteiger partial charge is 0.276 e. The first-order valence-electron chi connectivity index (χ1n) is 8.62. The van der Waals surface area contributed by atoms with Crippen molar-refractivity contribution in [3.05, 3.63) is 93.5 Å². The molecule has 0 aliphatic rings. The molecule has 0 atom stereocenters.